The standard InChI is InChI=1S/C8H16N4/c1-5-8(3,9)7-10-6(2)11-12(7)4/h5,9H2,1-4H3. The number of hydrogen-bond acceptors (Lipinski definition) is 3. The summed E-state index contributed by atoms with van der Waals surface area (Å²) in [4.78, 5) is 4.28. The Labute approximate surface area is 72.8 Å². The van der Waals surface area contributed by atoms with E-state index in [-0.39, 0.29) is 5.54 Å². The lowest BCUT2D eigenvalue weighted by atomic mass is 10.00. The van der Waals surface area contributed by atoms with Gasteiger partial charge in [0.1, 0.15) is 11.6 Å². The highest BCUT2D eigenvalue weighted by atomic mass is 15.3. The normalized spacial score (nSPS) is 16.1. The lowest BCUT2D eigenvalue weighted by Crippen LogP contribution is -2.35. The zero-order chi connectivity index (χ0) is 9.35. The Balaban J connectivity index is 3.09. The first-order chi connectivity index (χ1) is 5.47. The van der Waals surface area contributed by atoms with E-state index in [0.717, 1.165) is 18.1 Å². The van der Waals surface area contributed by atoms with Crippen LogP contribution in [0.1, 0.15) is 31.9 Å². The molecule has 1 aromatic rings. The fourth-order valence-corrected chi connectivity index (χ4v) is 1.17. The number of hydrogen-bond donors (Lipinski definition) is 1. The molecule has 1 atom stereocenters. The van der Waals surface area contributed by atoms with Crippen LogP contribution in [-0.2, 0) is 12.6 Å². The molecule has 1 unspecified atom stereocenters. The molecule has 1 aromatic heterocycles. The molecule has 0 aliphatic carbocycles. The van der Waals surface area contributed by atoms with E-state index in [0.29, 0.717) is 0 Å². The number of rotatable bonds is 2. The topological polar surface area (TPSA) is 56.7 Å². The van der Waals surface area contributed by atoms with Crippen LogP contribution >= 0.6 is 0 Å². The van der Waals surface area contributed by atoms with Crippen molar-refractivity contribution in [1.29, 1.82) is 0 Å². The average molecular weight is 168 g/mol. The summed E-state index contributed by atoms with van der Waals surface area (Å²) in [6.07, 6.45) is 0.860. The van der Waals surface area contributed by atoms with Crippen molar-refractivity contribution in [2.45, 2.75) is 32.7 Å². The largest absolute Gasteiger partial charge is 0.319 e. The molecule has 0 fully saturated rings. The molecule has 0 aliphatic heterocycles. The van der Waals surface area contributed by atoms with Gasteiger partial charge in [0.2, 0.25) is 0 Å². The summed E-state index contributed by atoms with van der Waals surface area (Å²) >= 11 is 0. The molecule has 0 radical (unpaired) electrons. The molecule has 0 saturated carbocycles. The number of aromatic nitrogens is 3. The van der Waals surface area contributed by atoms with Gasteiger partial charge in [-0.3, -0.25) is 4.68 Å². The Kier molecular flexibility index (Phi) is 2.19. The quantitative estimate of drug-likeness (QED) is 0.707. The molecule has 2 N–H and O–H groups in total. The average Bonchev–Trinajstić information content (AvgIpc) is 2.31. The minimum atomic E-state index is -0.365. The molecule has 0 aromatic carbocycles. The predicted octanol–water partition coefficient (Wildman–Crippen LogP) is 0.707. The highest BCUT2D eigenvalue weighted by Crippen LogP contribution is 2.18. The molecule has 1 heterocycles. The summed E-state index contributed by atoms with van der Waals surface area (Å²) in [6, 6.07) is 0. The van der Waals surface area contributed by atoms with E-state index in [4.69, 9.17) is 5.73 Å². The first-order valence-electron chi connectivity index (χ1n) is 4.14. The van der Waals surface area contributed by atoms with Crippen LogP contribution in [0.5, 0.6) is 0 Å². The molecular formula is C8H16N4. The smallest absolute Gasteiger partial charge is 0.147 e. The zero-order valence-electron chi connectivity index (χ0n) is 8.13. The summed E-state index contributed by atoms with van der Waals surface area (Å²) in [5.41, 5.74) is 5.66. The van der Waals surface area contributed by atoms with Crippen molar-refractivity contribution in [3.63, 3.8) is 0 Å². The highest BCUT2D eigenvalue weighted by Gasteiger charge is 2.24. The van der Waals surface area contributed by atoms with E-state index in [1.54, 1.807) is 4.68 Å². The molecule has 0 bridgehead atoms. The van der Waals surface area contributed by atoms with E-state index in [1.165, 1.54) is 0 Å². The van der Waals surface area contributed by atoms with Crippen LogP contribution < -0.4 is 5.73 Å². The van der Waals surface area contributed by atoms with Gasteiger partial charge in [0.15, 0.2) is 0 Å². The molecule has 0 amide bonds. The van der Waals surface area contributed by atoms with Crippen molar-refractivity contribution in [2.24, 2.45) is 12.8 Å². The second-order valence-electron chi connectivity index (χ2n) is 3.38. The Morgan fingerprint density at radius 3 is 2.50 bits per heavy atom. The summed E-state index contributed by atoms with van der Waals surface area (Å²) < 4.78 is 1.75. The van der Waals surface area contributed by atoms with Gasteiger partial charge in [-0.25, -0.2) is 4.98 Å². The SMILES string of the molecule is CCC(C)(N)c1nc(C)nn1C. The van der Waals surface area contributed by atoms with Crippen LogP contribution in [0.4, 0.5) is 0 Å². The van der Waals surface area contributed by atoms with Gasteiger partial charge < -0.3 is 5.73 Å². The minimum Gasteiger partial charge on any atom is -0.319 e. The minimum absolute atomic E-state index is 0.365. The summed E-state index contributed by atoms with van der Waals surface area (Å²) in [7, 11) is 1.87. The summed E-state index contributed by atoms with van der Waals surface area (Å²) in [5.74, 6) is 1.63. The Morgan fingerprint density at radius 1 is 1.58 bits per heavy atom. The second-order valence-corrected chi connectivity index (χ2v) is 3.38. The van der Waals surface area contributed by atoms with Crippen LogP contribution in [0.25, 0.3) is 0 Å². The van der Waals surface area contributed by atoms with Gasteiger partial charge >= 0.3 is 0 Å². The van der Waals surface area contributed by atoms with Gasteiger partial charge in [-0.15, -0.1) is 0 Å². The lowest BCUT2D eigenvalue weighted by Gasteiger charge is -2.20. The Morgan fingerprint density at radius 2 is 2.17 bits per heavy atom. The van der Waals surface area contributed by atoms with Crippen molar-refractivity contribution < 1.29 is 0 Å². The summed E-state index contributed by atoms with van der Waals surface area (Å²) in [6.45, 7) is 5.88. The van der Waals surface area contributed by atoms with Gasteiger partial charge in [0.25, 0.3) is 0 Å². The van der Waals surface area contributed by atoms with Gasteiger partial charge in [-0.2, -0.15) is 5.10 Å². The van der Waals surface area contributed by atoms with Crippen molar-refractivity contribution in [1.82, 2.24) is 14.8 Å². The molecule has 4 nitrogen and oxygen atoms in total. The number of nitrogens with two attached hydrogens (primary N) is 1. The van der Waals surface area contributed by atoms with Gasteiger partial charge in [-0.05, 0) is 20.3 Å². The predicted molar refractivity (Wildman–Crippen MR) is 47.6 cm³/mol. The molecule has 0 saturated heterocycles. The maximum absolute atomic E-state index is 6.03. The molecule has 0 aliphatic rings. The number of aryl methyl sites for hydroxylation is 2. The maximum atomic E-state index is 6.03. The Bertz CT molecular complexity index is 275. The Hall–Kier alpha value is -0.900. The second kappa shape index (κ2) is 2.86. The number of nitrogens with zero attached hydrogens (tertiary/aromatic N) is 3. The molecule has 0 spiro atoms. The first kappa shape index (κ1) is 9.19. The third kappa shape index (κ3) is 1.48. The van der Waals surface area contributed by atoms with E-state index in [9.17, 15) is 0 Å². The monoisotopic (exact) mass is 168 g/mol. The van der Waals surface area contributed by atoms with E-state index < -0.39 is 0 Å². The maximum Gasteiger partial charge on any atom is 0.147 e. The molecule has 68 valence electrons. The molecule has 1 rings (SSSR count). The third-order valence-electron chi connectivity index (χ3n) is 2.11. The molecular weight excluding hydrogens is 152 g/mol. The van der Waals surface area contributed by atoms with Crippen LogP contribution in [0.2, 0.25) is 0 Å². The van der Waals surface area contributed by atoms with E-state index in [1.807, 2.05) is 27.8 Å². The highest BCUT2D eigenvalue weighted by molar-refractivity contribution is 5.03. The zero-order valence-corrected chi connectivity index (χ0v) is 8.13. The van der Waals surface area contributed by atoms with Crippen molar-refractivity contribution in [3.05, 3.63) is 11.6 Å². The van der Waals surface area contributed by atoms with E-state index in [2.05, 4.69) is 10.1 Å². The van der Waals surface area contributed by atoms with Crippen molar-refractivity contribution in [3.8, 4) is 0 Å². The molecule has 12 heavy (non-hydrogen) atoms. The first-order valence-corrected chi connectivity index (χ1v) is 4.14. The van der Waals surface area contributed by atoms with Crippen LogP contribution in [0, 0.1) is 6.92 Å². The van der Waals surface area contributed by atoms with Gasteiger partial charge in [-0.1, -0.05) is 6.92 Å². The van der Waals surface area contributed by atoms with Crippen molar-refractivity contribution in [2.75, 3.05) is 0 Å². The van der Waals surface area contributed by atoms with Crippen LogP contribution in [-0.4, -0.2) is 14.8 Å². The van der Waals surface area contributed by atoms with Gasteiger partial charge in [0, 0.05) is 7.05 Å². The van der Waals surface area contributed by atoms with Gasteiger partial charge in [0.05, 0.1) is 5.54 Å². The van der Waals surface area contributed by atoms with Crippen LogP contribution in [0.3, 0.4) is 0 Å². The lowest BCUT2D eigenvalue weighted by molar-refractivity contribution is 0.423. The fourth-order valence-electron chi connectivity index (χ4n) is 1.17. The third-order valence-corrected chi connectivity index (χ3v) is 2.11. The van der Waals surface area contributed by atoms with E-state index >= 15 is 0 Å². The van der Waals surface area contributed by atoms with Crippen LogP contribution in [0.15, 0.2) is 0 Å². The molecule has 4 heteroatoms. The summed E-state index contributed by atoms with van der Waals surface area (Å²) in [5, 5.41) is 4.15. The van der Waals surface area contributed by atoms with Crippen molar-refractivity contribution >= 4 is 0 Å². The fraction of sp³-hybridized carbons (Fsp3) is 0.750.